The van der Waals surface area contributed by atoms with E-state index in [4.69, 9.17) is 0 Å². The number of aryl methyl sites for hydroxylation is 1. The molecular formula is C17H24S. The van der Waals surface area contributed by atoms with Crippen molar-refractivity contribution in [2.45, 2.75) is 34.6 Å². The Balaban J connectivity index is 0.000000509. The van der Waals surface area contributed by atoms with Crippen LogP contribution in [-0.2, 0) is 0 Å². The van der Waals surface area contributed by atoms with Crippen molar-refractivity contribution in [1.29, 1.82) is 0 Å². The van der Waals surface area contributed by atoms with Crippen molar-refractivity contribution in [2.24, 2.45) is 0 Å². The van der Waals surface area contributed by atoms with Gasteiger partial charge in [-0.25, -0.2) is 0 Å². The molecule has 0 nitrogen and oxygen atoms in total. The quantitative estimate of drug-likeness (QED) is 0.516. The van der Waals surface area contributed by atoms with Gasteiger partial charge in [0.15, 0.2) is 0 Å². The molecule has 0 spiro atoms. The molecule has 0 radical (unpaired) electrons. The summed E-state index contributed by atoms with van der Waals surface area (Å²) in [6, 6.07) is 8.56. The Kier molecular flexibility index (Phi) is 8.95. The van der Waals surface area contributed by atoms with Gasteiger partial charge in [0, 0.05) is 9.58 Å². The van der Waals surface area contributed by atoms with Crippen LogP contribution in [0.25, 0.3) is 16.2 Å². The zero-order valence-electron chi connectivity index (χ0n) is 12.2. The maximum atomic E-state index is 3.36. The van der Waals surface area contributed by atoms with Gasteiger partial charge in [-0.2, -0.15) is 0 Å². The number of hydrogen-bond donors (Lipinski definition) is 0. The van der Waals surface area contributed by atoms with Crippen molar-refractivity contribution in [3.8, 4) is 0 Å². The van der Waals surface area contributed by atoms with Crippen molar-refractivity contribution in [2.75, 3.05) is 0 Å². The molecule has 0 saturated heterocycles. The van der Waals surface area contributed by atoms with Crippen molar-refractivity contribution < 1.29 is 0 Å². The Labute approximate surface area is 116 Å². The van der Waals surface area contributed by atoms with Gasteiger partial charge in [0.25, 0.3) is 0 Å². The van der Waals surface area contributed by atoms with E-state index in [0.717, 1.165) is 0 Å². The first-order chi connectivity index (χ1) is 8.74. The summed E-state index contributed by atoms with van der Waals surface area (Å²) in [6.45, 7) is 13.5. The molecule has 2 rings (SSSR count). The van der Waals surface area contributed by atoms with Crippen molar-refractivity contribution in [3.63, 3.8) is 0 Å². The predicted octanol–water partition coefficient (Wildman–Crippen LogP) is 6.46. The fraction of sp³-hybridized carbons (Fsp3) is 0.294. The van der Waals surface area contributed by atoms with E-state index in [-0.39, 0.29) is 0 Å². The molecule has 0 aliphatic carbocycles. The second-order valence-corrected chi connectivity index (χ2v) is 4.58. The maximum Gasteiger partial charge on any atom is 0.0351 e. The third-order valence-electron chi connectivity index (χ3n) is 2.20. The van der Waals surface area contributed by atoms with Crippen LogP contribution in [0.5, 0.6) is 0 Å². The minimum absolute atomic E-state index is 1.38. The minimum atomic E-state index is 1.38. The van der Waals surface area contributed by atoms with Gasteiger partial charge in [0.2, 0.25) is 0 Å². The molecule has 0 aliphatic heterocycles. The topological polar surface area (TPSA) is 0 Å². The van der Waals surface area contributed by atoms with Crippen LogP contribution in [-0.4, -0.2) is 0 Å². The van der Waals surface area contributed by atoms with E-state index < -0.39 is 0 Å². The average Bonchev–Trinajstić information content (AvgIpc) is 2.71. The smallest absolute Gasteiger partial charge is 0.0351 e. The Bertz CT molecular complexity index is 489. The lowest BCUT2D eigenvalue weighted by Gasteiger charge is -1.89. The van der Waals surface area contributed by atoms with Gasteiger partial charge in [0.1, 0.15) is 0 Å². The fourth-order valence-electron chi connectivity index (χ4n) is 1.50. The lowest BCUT2D eigenvalue weighted by atomic mass is 10.1. The molecular weight excluding hydrogens is 236 g/mol. The zero-order valence-corrected chi connectivity index (χ0v) is 13.0. The summed E-state index contributed by atoms with van der Waals surface area (Å²) in [5.74, 6) is 0. The average molecular weight is 260 g/mol. The SMILES string of the molecule is C/C=C\c1sc2ccccc2c1C.C=CC.CC. The molecule has 18 heavy (non-hydrogen) atoms. The molecule has 2 aromatic rings. The summed E-state index contributed by atoms with van der Waals surface area (Å²) < 4.78 is 1.38. The molecule has 0 amide bonds. The number of hydrogen-bond acceptors (Lipinski definition) is 1. The van der Waals surface area contributed by atoms with Crippen LogP contribution in [0.15, 0.2) is 43.0 Å². The number of allylic oxidation sites excluding steroid dienone is 2. The molecule has 0 N–H and O–H groups in total. The summed E-state index contributed by atoms with van der Waals surface area (Å²) in [5.41, 5.74) is 1.40. The third kappa shape index (κ3) is 4.50. The van der Waals surface area contributed by atoms with E-state index in [1.54, 1.807) is 6.08 Å². The monoisotopic (exact) mass is 260 g/mol. The molecule has 1 heteroatoms. The highest BCUT2D eigenvalue weighted by molar-refractivity contribution is 7.20. The van der Waals surface area contributed by atoms with Crippen LogP contribution in [0.1, 0.15) is 38.1 Å². The second-order valence-electron chi connectivity index (χ2n) is 3.50. The minimum Gasteiger partial charge on any atom is -0.136 e. The Hall–Kier alpha value is -1.34. The first kappa shape index (κ1) is 16.7. The van der Waals surface area contributed by atoms with Gasteiger partial charge >= 0.3 is 0 Å². The summed E-state index contributed by atoms with van der Waals surface area (Å²) in [7, 11) is 0. The highest BCUT2D eigenvalue weighted by Gasteiger charge is 2.03. The van der Waals surface area contributed by atoms with Gasteiger partial charge in [-0.3, -0.25) is 0 Å². The predicted molar refractivity (Wildman–Crippen MR) is 88.5 cm³/mol. The first-order valence-electron chi connectivity index (χ1n) is 6.42. The maximum absolute atomic E-state index is 3.36. The van der Waals surface area contributed by atoms with Gasteiger partial charge in [-0.1, -0.05) is 44.2 Å². The molecule has 0 aliphatic rings. The Morgan fingerprint density at radius 3 is 2.17 bits per heavy atom. The van der Waals surface area contributed by atoms with Gasteiger partial charge in [-0.15, -0.1) is 17.9 Å². The van der Waals surface area contributed by atoms with Crippen LogP contribution in [0.2, 0.25) is 0 Å². The van der Waals surface area contributed by atoms with E-state index in [9.17, 15) is 0 Å². The van der Waals surface area contributed by atoms with E-state index in [0.29, 0.717) is 0 Å². The van der Waals surface area contributed by atoms with E-state index in [1.165, 1.54) is 20.5 Å². The Morgan fingerprint density at radius 2 is 1.67 bits per heavy atom. The molecule has 1 aromatic carbocycles. The van der Waals surface area contributed by atoms with Crippen molar-refractivity contribution >= 4 is 27.5 Å². The van der Waals surface area contributed by atoms with Crippen LogP contribution < -0.4 is 0 Å². The standard InChI is InChI=1S/C12H12S.C3H6.C2H6/c1-3-6-11-9(2)10-7-4-5-8-12(10)13-11;1-3-2;1-2/h3-8H,1-2H3;3H,1H2,2H3;1-2H3/b6-3-;;. The number of thiophene rings is 1. The van der Waals surface area contributed by atoms with Crippen LogP contribution >= 0.6 is 11.3 Å². The molecule has 98 valence electrons. The second kappa shape index (κ2) is 9.67. The summed E-state index contributed by atoms with van der Waals surface area (Å²) in [4.78, 5) is 1.38. The number of fused-ring (bicyclic) bond motifs is 1. The highest BCUT2D eigenvalue weighted by atomic mass is 32.1. The van der Waals surface area contributed by atoms with Gasteiger partial charge in [-0.05, 0) is 43.9 Å². The molecule has 0 fully saturated rings. The molecule has 0 atom stereocenters. The molecule has 0 saturated carbocycles. The summed E-state index contributed by atoms with van der Waals surface area (Å²) >= 11 is 1.86. The number of benzene rings is 1. The Morgan fingerprint density at radius 1 is 1.11 bits per heavy atom. The van der Waals surface area contributed by atoms with E-state index in [1.807, 2.05) is 32.1 Å². The van der Waals surface area contributed by atoms with E-state index in [2.05, 4.69) is 56.8 Å². The van der Waals surface area contributed by atoms with Gasteiger partial charge in [0.05, 0.1) is 0 Å². The molecule has 1 aromatic heterocycles. The van der Waals surface area contributed by atoms with Crippen molar-refractivity contribution in [1.82, 2.24) is 0 Å². The summed E-state index contributed by atoms with van der Waals surface area (Å²) in [5, 5.41) is 1.39. The van der Waals surface area contributed by atoms with E-state index >= 15 is 0 Å². The van der Waals surface area contributed by atoms with Crippen LogP contribution in [0.3, 0.4) is 0 Å². The highest BCUT2D eigenvalue weighted by Crippen LogP contribution is 2.31. The van der Waals surface area contributed by atoms with Crippen molar-refractivity contribution in [3.05, 3.63) is 53.4 Å². The van der Waals surface area contributed by atoms with Gasteiger partial charge < -0.3 is 0 Å². The summed E-state index contributed by atoms with van der Waals surface area (Å²) in [6.07, 6.45) is 6.03. The fourth-order valence-corrected chi connectivity index (χ4v) is 2.69. The lowest BCUT2D eigenvalue weighted by molar-refractivity contribution is 1.50. The number of rotatable bonds is 1. The third-order valence-corrected chi connectivity index (χ3v) is 3.44. The zero-order chi connectivity index (χ0) is 14.0. The first-order valence-corrected chi connectivity index (χ1v) is 7.24. The molecule has 0 unspecified atom stereocenters. The lowest BCUT2D eigenvalue weighted by Crippen LogP contribution is -1.69. The van der Waals surface area contributed by atoms with Crippen LogP contribution in [0.4, 0.5) is 0 Å². The molecule has 1 heterocycles. The van der Waals surface area contributed by atoms with Crippen LogP contribution in [0, 0.1) is 6.92 Å². The normalized spacial score (nSPS) is 9.39. The molecule has 0 bridgehead atoms. The largest absolute Gasteiger partial charge is 0.136 e.